The van der Waals surface area contributed by atoms with Crippen molar-refractivity contribution in [2.24, 2.45) is 11.8 Å². The number of rotatable bonds is 2. The second-order valence-electron chi connectivity index (χ2n) is 5.42. The van der Waals surface area contributed by atoms with Crippen molar-refractivity contribution in [3.05, 3.63) is 21.7 Å². The summed E-state index contributed by atoms with van der Waals surface area (Å²) in [6.45, 7) is 6.06. The number of hydrogen-bond donors (Lipinski definition) is 0. The molecule has 0 radical (unpaired) electrons. The molecule has 2 unspecified atom stereocenters. The van der Waals surface area contributed by atoms with Crippen molar-refractivity contribution in [3.63, 3.8) is 0 Å². The van der Waals surface area contributed by atoms with E-state index in [1.165, 1.54) is 17.8 Å². The van der Waals surface area contributed by atoms with Gasteiger partial charge in [-0.3, -0.25) is 0 Å². The predicted octanol–water partition coefficient (Wildman–Crippen LogP) is 2.79. The van der Waals surface area contributed by atoms with E-state index < -0.39 is 0 Å². The maximum atomic E-state index is 11.3. The van der Waals surface area contributed by atoms with E-state index in [1.54, 1.807) is 10.6 Å². The van der Waals surface area contributed by atoms with Crippen LogP contribution in [0.2, 0.25) is 0 Å². The Morgan fingerprint density at radius 2 is 2.11 bits per heavy atom. The fourth-order valence-corrected chi connectivity index (χ4v) is 3.68. The molecule has 19 heavy (non-hydrogen) atoms. The Kier molecular flexibility index (Phi) is 2.93. The van der Waals surface area contributed by atoms with Crippen LogP contribution in [0.3, 0.4) is 0 Å². The number of nitrogens with zero attached hydrogens (tertiary/aromatic N) is 4. The second-order valence-corrected chi connectivity index (χ2v) is 6.30. The zero-order chi connectivity index (χ0) is 13.6. The number of fused-ring (bicyclic) bond motifs is 1. The molecule has 0 bridgehead atoms. The molecular formula is C12H16N4O2S. The first-order valence-corrected chi connectivity index (χ1v) is 7.29. The summed E-state index contributed by atoms with van der Waals surface area (Å²) in [6.07, 6.45) is 2.89. The molecule has 2 atom stereocenters. The van der Waals surface area contributed by atoms with Gasteiger partial charge in [0.15, 0.2) is 0 Å². The Labute approximate surface area is 114 Å². The topological polar surface area (TPSA) is 63.7 Å². The molecule has 1 aliphatic rings. The van der Waals surface area contributed by atoms with Crippen LogP contribution in [0.1, 0.15) is 20.3 Å². The van der Waals surface area contributed by atoms with Gasteiger partial charge in [0.05, 0.1) is 0 Å². The normalized spacial score (nSPS) is 24.0. The molecule has 1 saturated heterocycles. The summed E-state index contributed by atoms with van der Waals surface area (Å²) in [5.41, 5.74) is 0. The third-order valence-corrected chi connectivity index (χ3v) is 4.32. The Morgan fingerprint density at radius 1 is 1.42 bits per heavy atom. The molecule has 0 N–H and O–H groups in total. The minimum absolute atomic E-state index is 0.0950. The van der Waals surface area contributed by atoms with Crippen LogP contribution in [0.25, 0.3) is 4.96 Å². The molecule has 0 amide bonds. The van der Waals surface area contributed by atoms with Crippen LogP contribution in [0, 0.1) is 22.0 Å². The summed E-state index contributed by atoms with van der Waals surface area (Å²) in [7, 11) is 0. The molecule has 3 rings (SSSR count). The molecule has 1 fully saturated rings. The number of aromatic nitrogens is 2. The average Bonchev–Trinajstić information content (AvgIpc) is 2.85. The predicted molar refractivity (Wildman–Crippen MR) is 74.9 cm³/mol. The van der Waals surface area contributed by atoms with Crippen LogP contribution in [0.5, 0.6) is 0 Å². The van der Waals surface area contributed by atoms with Gasteiger partial charge in [-0.05, 0) is 23.2 Å². The average molecular weight is 280 g/mol. The molecule has 1 aliphatic heterocycles. The summed E-state index contributed by atoms with van der Waals surface area (Å²) < 4.78 is 1.57. The Bertz CT molecular complexity index is 610. The summed E-state index contributed by atoms with van der Waals surface area (Å²) in [5, 5.41) is 13.1. The van der Waals surface area contributed by atoms with Crippen LogP contribution in [-0.4, -0.2) is 27.4 Å². The van der Waals surface area contributed by atoms with E-state index in [4.69, 9.17) is 0 Å². The first-order chi connectivity index (χ1) is 9.06. The van der Waals surface area contributed by atoms with Gasteiger partial charge < -0.3 is 15.0 Å². The van der Waals surface area contributed by atoms with Crippen molar-refractivity contribution in [1.29, 1.82) is 0 Å². The highest BCUT2D eigenvalue weighted by molar-refractivity contribution is 7.15. The summed E-state index contributed by atoms with van der Waals surface area (Å²) in [6, 6.07) is 0. The lowest BCUT2D eigenvalue weighted by molar-refractivity contribution is -0.389. The quantitative estimate of drug-likeness (QED) is 0.627. The first kappa shape index (κ1) is 12.4. The zero-order valence-electron chi connectivity index (χ0n) is 10.9. The fourth-order valence-electron chi connectivity index (χ4n) is 2.98. The van der Waals surface area contributed by atoms with Gasteiger partial charge >= 0.3 is 5.82 Å². The second kappa shape index (κ2) is 4.48. The van der Waals surface area contributed by atoms with E-state index in [1.807, 2.05) is 5.38 Å². The molecule has 2 aromatic heterocycles. The Balaban J connectivity index is 2.06. The molecule has 0 spiro atoms. The van der Waals surface area contributed by atoms with E-state index in [-0.39, 0.29) is 10.7 Å². The minimum atomic E-state index is -0.327. The highest BCUT2D eigenvalue weighted by Gasteiger charge is 2.31. The minimum Gasteiger partial charge on any atom is -0.358 e. The fraction of sp³-hybridized carbons (Fsp3) is 0.583. The van der Waals surface area contributed by atoms with Crippen LogP contribution in [0.4, 0.5) is 11.6 Å². The molecule has 6 nitrogen and oxygen atoms in total. The van der Waals surface area contributed by atoms with Gasteiger partial charge in [-0.25, -0.2) is 0 Å². The van der Waals surface area contributed by atoms with Gasteiger partial charge in [0.25, 0.3) is 4.96 Å². The SMILES string of the molecule is CC1CC(C)CN(c2nc3sccn3c2[N+](=O)[O-])C1. The van der Waals surface area contributed by atoms with E-state index >= 15 is 0 Å². The molecule has 7 heteroatoms. The van der Waals surface area contributed by atoms with Gasteiger partial charge in [-0.1, -0.05) is 25.2 Å². The lowest BCUT2D eigenvalue weighted by Gasteiger charge is -2.34. The van der Waals surface area contributed by atoms with Gasteiger partial charge in [0, 0.05) is 18.5 Å². The zero-order valence-corrected chi connectivity index (χ0v) is 11.8. The summed E-state index contributed by atoms with van der Waals surface area (Å²) in [4.78, 5) is 18.2. The monoisotopic (exact) mass is 280 g/mol. The Hall–Kier alpha value is -1.63. The van der Waals surface area contributed by atoms with E-state index in [0.29, 0.717) is 22.6 Å². The third kappa shape index (κ3) is 2.07. The van der Waals surface area contributed by atoms with Crippen molar-refractivity contribution >= 4 is 27.9 Å². The first-order valence-electron chi connectivity index (χ1n) is 6.41. The number of thiazole rings is 1. The van der Waals surface area contributed by atoms with Gasteiger partial charge in [0.2, 0.25) is 5.82 Å². The highest BCUT2D eigenvalue weighted by Crippen LogP contribution is 2.34. The van der Waals surface area contributed by atoms with Crippen LogP contribution in [0.15, 0.2) is 11.6 Å². The maximum absolute atomic E-state index is 11.3. The number of imidazole rings is 1. The third-order valence-electron chi connectivity index (χ3n) is 3.56. The molecule has 0 saturated carbocycles. The standard InChI is InChI=1S/C12H16N4O2S/c1-8-5-9(2)7-14(6-8)10-11(16(17)18)15-3-4-19-12(15)13-10/h3-4,8-9H,5-7H2,1-2H3. The van der Waals surface area contributed by atoms with Crippen LogP contribution < -0.4 is 4.90 Å². The molecular weight excluding hydrogens is 264 g/mol. The van der Waals surface area contributed by atoms with E-state index in [2.05, 4.69) is 23.7 Å². The summed E-state index contributed by atoms with van der Waals surface area (Å²) in [5.74, 6) is 1.71. The van der Waals surface area contributed by atoms with Gasteiger partial charge in [0.1, 0.15) is 6.20 Å². The van der Waals surface area contributed by atoms with Crippen molar-refractivity contribution < 1.29 is 4.92 Å². The van der Waals surface area contributed by atoms with Crippen molar-refractivity contribution in [3.8, 4) is 0 Å². The molecule has 0 aromatic carbocycles. The molecule has 0 aliphatic carbocycles. The maximum Gasteiger partial charge on any atom is 0.373 e. The van der Waals surface area contributed by atoms with Crippen LogP contribution >= 0.6 is 11.3 Å². The number of anilines is 1. The lowest BCUT2D eigenvalue weighted by atomic mass is 9.92. The van der Waals surface area contributed by atoms with Gasteiger partial charge in [-0.15, -0.1) is 0 Å². The van der Waals surface area contributed by atoms with E-state index in [9.17, 15) is 10.1 Å². The molecule has 3 heterocycles. The highest BCUT2D eigenvalue weighted by atomic mass is 32.1. The van der Waals surface area contributed by atoms with Crippen molar-refractivity contribution in [1.82, 2.24) is 9.38 Å². The largest absolute Gasteiger partial charge is 0.373 e. The number of piperidine rings is 1. The lowest BCUT2D eigenvalue weighted by Crippen LogP contribution is -2.39. The molecule has 102 valence electrons. The number of nitro groups is 1. The smallest absolute Gasteiger partial charge is 0.358 e. The Morgan fingerprint density at radius 3 is 2.74 bits per heavy atom. The van der Waals surface area contributed by atoms with E-state index in [0.717, 1.165) is 13.1 Å². The molecule has 2 aromatic rings. The van der Waals surface area contributed by atoms with Crippen molar-refractivity contribution in [2.45, 2.75) is 20.3 Å². The van der Waals surface area contributed by atoms with Crippen LogP contribution in [-0.2, 0) is 0 Å². The van der Waals surface area contributed by atoms with Crippen molar-refractivity contribution in [2.75, 3.05) is 18.0 Å². The van der Waals surface area contributed by atoms with Gasteiger partial charge in [-0.2, -0.15) is 9.38 Å². The number of hydrogen-bond acceptors (Lipinski definition) is 5. The summed E-state index contributed by atoms with van der Waals surface area (Å²) >= 11 is 1.43.